The summed E-state index contributed by atoms with van der Waals surface area (Å²) < 4.78 is 0. The minimum absolute atomic E-state index is 0.319. The summed E-state index contributed by atoms with van der Waals surface area (Å²) in [6, 6.07) is 19.2. The molecule has 0 bridgehead atoms. The first kappa shape index (κ1) is 16.7. The van der Waals surface area contributed by atoms with Gasteiger partial charge in [-0.25, -0.2) is 0 Å². The Hall–Kier alpha value is -3.11. The lowest BCUT2D eigenvalue weighted by atomic mass is 10.0. The van der Waals surface area contributed by atoms with E-state index in [9.17, 15) is 14.7 Å². The number of carboxylic acid groups (broad SMARTS) is 1. The number of carbonyl (C=O) groups excluding carboxylic acids is 2. The fourth-order valence-electron chi connectivity index (χ4n) is 2.48. The molecule has 0 heterocycles. The highest BCUT2D eigenvalue weighted by atomic mass is 35.5. The molecule has 4 nitrogen and oxygen atoms in total. The molecule has 0 saturated carbocycles. The van der Waals surface area contributed by atoms with Gasteiger partial charge in [-0.1, -0.05) is 60.1 Å². The summed E-state index contributed by atoms with van der Waals surface area (Å²) in [4.78, 5) is 23.9. The normalized spacial score (nSPS) is 11.3. The fourth-order valence-corrected chi connectivity index (χ4v) is 2.61. The summed E-state index contributed by atoms with van der Waals surface area (Å²) in [6.07, 6.45) is 1.33. The Morgan fingerprint density at radius 2 is 1.60 bits per heavy atom. The Bertz CT molecular complexity index is 972. The van der Waals surface area contributed by atoms with E-state index in [1.54, 1.807) is 36.4 Å². The van der Waals surface area contributed by atoms with E-state index in [1.807, 2.05) is 30.3 Å². The predicted octanol–water partition coefficient (Wildman–Crippen LogP) is 3.01. The smallest absolute Gasteiger partial charge is 0.256 e. The van der Waals surface area contributed by atoms with E-state index in [0.717, 1.165) is 10.8 Å². The predicted molar refractivity (Wildman–Crippen MR) is 95.9 cm³/mol. The number of aliphatic carboxylic acids is 1. The number of hydrogen-bond acceptors (Lipinski definition) is 3. The SMILES string of the molecule is O=C([O-])/C(=C\c1ccc(Cl)cc1)NC(=O)c1cccc2ccccc12. The molecule has 0 aliphatic rings. The van der Waals surface area contributed by atoms with Gasteiger partial charge in [0, 0.05) is 10.6 Å². The molecular weight excluding hydrogens is 338 g/mol. The van der Waals surface area contributed by atoms with E-state index in [2.05, 4.69) is 5.32 Å². The lowest BCUT2D eigenvalue weighted by molar-refractivity contribution is -0.299. The number of carboxylic acids is 1. The van der Waals surface area contributed by atoms with E-state index in [4.69, 9.17) is 11.6 Å². The van der Waals surface area contributed by atoms with Crippen molar-refractivity contribution in [3.05, 3.63) is 88.6 Å². The van der Waals surface area contributed by atoms with Crippen molar-refractivity contribution in [1.82, 2.24) is 5.32 Å². The van der Waals surface area contributed by atoms with E-state index in [0.29, 0.717) is 16.1 Å². The van der Waals surface area contributed by atoms with Crippen molar-refractivity contribution in [2.24, 2.45) is 0 Å². The minimum Gasteiger partial charge on any atom is -0.543 e. The zero-order chi connectivity index (χ0) is 17.8. The van der Waals surface area contributed by atoms with Gasteiger partial charge < -0.3 is 15.2 Å². The number of benzene rings is 3. The van der Waals surface area contributed by atoms with Crippen LogP contribution >= 0.6 is 11.6 Å². The molecule has 3 aromatic rings. The first-order valence-electron chi connectivity index (χ1n) is 7.52. The summed E-state index contributed by atoms with van der Waals surface area (Å²) >= 11 is 5.81. The molecule has 5 heteroatoms. The first-order valence-corrected chi connectivity index (χ1v) is 7.90. The summed E-state index contributed by atoms with van der Waals surface area (Å²) in [5, 5.41) is 16.0. The van der Waals surface area contributed by atoms with Gasteiger partial charge in [-0.05, 0) is 40.6 Å². The van der Waals surface area contributed by atoms with Crippen LogP contribution in [0.3, 0.4) is 0 Å². The molecular formula is C20H13ClNO3-. The van der Waals surface area contributed by atoms with Gasteiger partial charge in [0.25, 0.3) is 5.91 Å². The molecule has 0 aromatic heterocycles. The molecule has 0 unspecified atom stereocenters. The van der Waals surface area contributed by atoms with Gasteiger partial charge in [0.1, 0.15) is 0 Å². The molecule has 0 fully saturated rings. The Morgan fingerprint density at radius 3 is 2.32 bits per heavy atom. The van der Waals surface area contributed by atoms with Crippen LogP contribution in [-0.4, -0.2) is 11.9 Å². The molecule has 1 N–H and O–H groups in total. The average molecular weight is 351 g/mol. The summed E-state index contributed by atoms with van der Waals surface area (Å²) in [7, 11) is 0. The summed E-state index contributed by atoms with van der Waals surface area (Å²) in [5.41, 5.74) is 0.656. The van der Waals surface area contributed by atoms with Crippen LogP contribution in [0.5, 0.6) is 0 Å². The van der Waals surface area contributed by atoms with Gasteiger partial charge in [-0.15, -0.1) is 0 Å². The van der Waals surface area contributed by atoms with Gasteiger partial charge in [-0.2, -0.15) is 0 Å². The second-order valence-corrected chi connectivity index (χ2v) is 5.81. The molecule has 124 valence electrons. The minimum atomic E-state index is -1.47. The molecule has 0 saturated heterocycles. The van der Waals surface area contributed by atoms with Gasteiger partial charge >= 0.3 is 0 Å². The topological polar surface area (TPSA) is 69.2 Å². The van der Waals surface area contributed by atoms with Crippen molar-refractivity contribution in [3.63, 3.8) is 0 Å². The largest absolute Gasteiger partial charge is 0.543 e. The maximum Gasteiger partial charge on any atom is 0.256 e. The van der Waals surface area contributed by atoms with Crippen LogP contribution in [-0.2, 0) is 4.79 Å². The van der Waals surface area contributed by atoms with Crippen LogP contribution in [0.4, 0.5) is 0 Å². The lowest BCUT2D eigenvalue weighted by Gasteiger charge is -2.12. The Balaban J connectivity index is 1.93. The monoisotopic (exact) mass is 350 g/mol. The lowest BCUT2D eigenvalue weighted by Crippen LogP contribution is -2.35. The number of amides is 1. The summed E-state index contributed by atoms with van der Waals surface area (Å²) in [5.74, 6) is -1.98. The number of nitrogens with one attached hydrogen (secondary N) is 1. The van der Waals surface area contributed by atoms with Gasteiger partial charge in [-0.3, -0.25) is 4.79 Å². The maximum absolute atomic E-state index is 12.6. The Morgan fingerprint density at radius 1 is 0.920 bits per heavy atom. The standard InChI is InChI=1S/C20H14ClNO3/c21-15-10-8-13(9-11-15)12-18(20(24)25)22-19(23)17-7-3-5-14-4-1-2-6-16(14)17/h1-12H,(H,22,23)(H,24,25)/p-1/b18-12+. The fraction of sp³-hybridized carbons (Fsp3) is 0. The van der Waals surface area contributed by atoms with Crippen molar-refractivity contribution in [2.75, 3.05) is 0 Å². The number of hydrogen-bond donors (Lipinski definition) is 1. The Labute approximate surface area is 149 Å². The van der Waals surface area contributed by atoms with Crippen LogP contribution in [0.2, 0.25) is 5.02 Å². The van der Waals surface area contributed by atoms with Crippen molar-refractivity contribution < 1.29 is 14.7 Å². The molecule has 0 spiro atoms. The average Bonchev–Trinajstić information content (AvgIpc) is 2.62. The number of carbonyl (C=O) groups is 2. The van der Waals surface area contributed by atoms with Gasteiger partial charge in [0.05, 0.1) is 11.7 Å². The highest BCUT2D eigenvalue weighted by Crippen LogP contribution is 2.19. The van der Waals surface area contributed by atoms with E-state index in [1.165, 1.54) is 6.08 Å². The molecule has 25 heavy (non-hydrogen) atoms. The number of halogens is 1. The molecule has 0 aliphatic carbocycles. The van der Waals surface area contributed by atoms with Crippen molar-refractivity contribution in [1.29, 1.82) is 0 Å². The molecule has 3 rings (SSSR count). The third-order valence-corrected chi connectivity index (χ3v) is 3.94. The third kappa shape index (κ3) is 3.87. The molecule has 0 aliphatic heterocycles. The number of fused-ring (bicyclic) bond motifs is 1. The number of rotatable bonds is 4. The maximum atomic E-state index is 12.6. The van der Waals surface area contributed by atoms with E-state index >= 15 is 0 Å². The van der Waals surface area contributed by atoms with E-state index < -0.39 is 11.9 Å². The first-order chi connectivity index (χ1) is 12.0. The second-order valence-electron chi connectivity index (χ2n) is 5.38. The van der Waals surface area contributed by atoms with Crippen LogP contribution in [0.15, 0.2) is 72.4 Å². The van der Waals surface area contributed by atoms with Gasteiger partial charge in [0.15, 0.2) is 0 Å². The van der Waals surface area contributed by atoms with Crippen LogP contribution in [0.25, 0.3) is 16.8 Å². The van der Waals surface area contributed by atoms with E-state index in [-0.39, 0.29) is 5.70 Å². The highest BCUT2D eigenvalue weighted by Gasteiger charge is 2.12. The Kier molecular flexibility index (Phi) is 4.82. The van der Waals surface area contributed by atoms with Gasteiger partial charge in [0.2, 0.25) is 0 Å². The molecule has 0 atom stereocenters. The second kappa shape index (κ2) is 7.20. The third-order valence-electron chi connectivity index (χ3n) is 3.68. The van der Waals surface area contributed by atoms with Crippen molar-refractivity contribution in [2.45, 2.75) is 0 Å². The van der Waals surface area contributed by atoms with Crippen LogP contribution in [0.1, 0.15) is 15.9 Å². The highest BCUT2D eigenvalue weighted by molar-refractivity contribution is 6.30. The zero-order valence-corrected chi connectivity index (χ0v) is 13.8. The molecule has 1 amide bonds. The van der Waals surface area contributed by atoms with Crippen LogP contribution in [0, 0.1) is 0 Å². The van der Waals surface area contributed by atoms with Crippen LogP contribution < -0.4 is 10.4 Å². The van der Waals surface area contributed by atoms with Crippen molar-refractivity contribution in [3.8, 4) is 0 Å². The quantitative estimate of drug-likeness (QED) is 0.735. The summed E-state index contributed by atoms with van der Waals surface area (Å²) in [6.45, 7) is 0. The molecule has 0 radical (unpaired) electrons. The molecule has 3 aromatic carbocycles. The van der Waals surface area contributed by atoms with Crippen molar-refractivity contribution >= 4 is 40.3 Å². The zero-order valence-electron chi connectivity index (χ0n) is 13.0.